The zero-order chi connectivity index (χ0) is 22.6. The third-order valence-electron chi connectivity index (χ3n) is 5.61. The molecule has 1 amide bonds. The molecule has 3 heterocycles. The van der Waals surface area contributed by atoms with Gasteiger partial charge in [-0.3, -0.25) is 4.79 Å². The summed E-state index contributed by atoms with van der Waals surface area (Å²) in [7, 11) is 0. The highest BCUT2D eigenvalue weighted by Crippen LogP contribution is 2.36. The number of amides is 1. The Hall–Kier alpha value is -3.71. The lowest BCUT2D eigenvalue weighted by Crippen LogP contribution is -2.28. The monoisotopic (exact) mass is 458 g/mol. The van der Waals surface area contributed by atoms with Gasteiger partial charge in [-0.15, -0.1) is 11.3 Å². The maximum Gasteiger partial charge on any atom is 0.339 e. The molecule has 3 aromatic heterocycles. The molecule has 1 aliphatic carbocycles. The van der Waals surface area contributed by atoms with Crippen LogP contribution in [0.3, 0.4) is 0 Å². The first-order valence-corrected chi connectivity index (χ1v) is 11.7. The van der Waals surface area contributed by atoms with Crippen LogP contribution in [0.4, 0.5) is 0 Å². The summed E-state index contributed by atoms with van der Waals surface area (Å²) in [4.78, 5) is 31.5. The zero-order valence-electron chi connectivity index (χ0n) is 17.9. The van der Waals surface area contributed by atoms with Gasteiger partial charge in [-0.1, -0.05) is 24.3 Å². The van der Waals surface area contributed by atoms with Crippen LogP contribution in [-0.4, -0.2) is 23.5 Å². The van der Waals surface area contributed by atoms with Crippen LogP contribution >= 0.6 is 11.3 Å². The molecular weight excluding hydrogens is 436 g/mol. The van der Waals surface area contributed by atoms with Crippen LogP contribution in [0, 0.1) is 0 Å². The number of hydrogen-bond donors (Lipinski definition) is 1. The second-order valence-electron chi connectivity index (χ2n) is 7.80. The van der Waals surface area contributed by atoms with Crippen molar-refractivity contribution in [3.05, 3.63) is 87.6 Å². The van der Waals surface area contributed by atoms with E-state index in [0.717, 1.165) is 51.9 Å². The lowest BCUT2D eigenvalue weighted by atomic mass is 9.86. The van der Waals surface area contributed by atoms with Crippen molar-refractivity contribution in [1.82, 2.24) is 10.3 Å². The molecule has 33 heavy (non-hydrogen) atoms. The minimum absolute atomic E-state index is 0.244. The van der Waals surface area contributed by atoms with E-state index in [0.29, 0.717) is 11.3 Å². The molecule has 0 atom stereocenters. The summed E-state index contributed by atoms with van der Waals surface area (Å²) in [6, 6.07) is 15.2. The first kappa shape index (κ1) is 21.2. The van der Waals surface area contributed by atoms with Crippen molar-refractivity contribution in [3.63, 3.8) is 0 Å². The number of carbonyl (C=O) groups excluding carboxylic acids is 2. The fourth-order valence-corrected chi connectivity index (χ4v) is 4.79. The number of esters is 1. The van der Waals surface area contributed by atoms with E-state index in [2.05, 4.69) is 17.5 Å². The number of nitrogens with one attached hydrogen (secondary N) is 1. The molecule has 0 spiro atoms. The smallest absolute Gasteiger partial charge is 0.339 e. The molecule has 0 unspecified atom stereocenters. The van der Waals surface area contributed by atoms with Gasteiger partial charge in [-0.05, 0) is 66.1 Å². The molecule has 1 aromatic carbocycles. The van der Waals surface area contributed by atoms with Crippen molar-refractivity contribution >= 4 is 45.8 Å². The van der Waals surface area contributed by atoms with Gasteiger partial charge in [-0.25, -0.2) is 9.78 Å². The standard InChI is InChI=1S/C26H22N2O4S/c29-23(27-15-18-7-4-12-31-18)16-32-26(30)24-20-9-1-2-11-22(20)28-25-17(6-3-10-21(24)25)14-19-8-5-13-33-19/h1-2,4-5,7-9,11-14H,3,6,10,15-16H2,(H,27,29)/b17-14+. The Kier molecular flexibility index (Phi) is 6.04. The Balaban J connectivity index is 1.43. The number of carbonyl (C=O) groups is 2. The Morgan fingerprint density at radius 2 is 2.03 bits per heavy atom. The molecule has 0 aliphatic heterocycles. The van der Waals surface area contributed by atoms with Crippen molar-refractivity contribution in [3.8, 4) is 0 Å². The molecule has 5 rings (SSSR count). The van der Waals surface area contributed by atoms with Gasteiger partial charge in [0.05, 0.1) is 29.6 Å². The number of aromatic nitrogens is 1. The zero-order valence-corrected chi connectivity index (χ0v) is 18.7. The Bertz CT molecular complexity index is 1320. The van der Waals surface area contributed by atoms with Crippen LogP contribution in [0.15, 0.2) is 64.6 Å². The summed E-state index contributed by atoms with van der Waals surface area (Å²) in [6.07, 6.45) is 6.26. The van der Waals surface area contributed by atoms with Gasteiger partial charge >= 0.3 is 5.97 Å². The molecule has 6 nitrogen and oxygen atoms in total. The third-order valence-corrected chi connectivity index (χ3v) is 6.43. The Morgan fingerprint density at radius 1 is 1.12 bits per heavy atom. The van der Waals surface area contributed by atoms with Crippen LogP contribution in [0.2, 0.25) is 0 Å². The fourth-order valence-electron chi connectivity index (χ4n) is 4.11. The first-order chi connectivity index (χ1) is 16.2. The third kappa shape index (κ3) is 4.59. The predicted octanol–water partition coefficient (Wildman–Crippen LogP) is 5.24. The number of fused-ring (bicyclic) bond motifs is 2. The summed E-state index contributed by atoms with van der Waals surface area (Å²) in [5, 5.41) is 5.48. The summed E-state index contributed by atoms with van der Waals surface area (Å²) >= 11 is 1.67. The van der Waals surface area contributed by atoms with Crippen molar-refractivity contribution in [2.75, 3.05) is 6.61 Å². The number of para-hydroxylation sites is 1. The molecule has 0 fully saturated rings. The van der Waals surface area contributed by atoms with Gasteiger partial charge in [-0.2, -0.15) is 0 Å². The maximum atomic E-state index is 13.2. The van der Waals surface area contributed by atoms with Gasteiger partial charge in [0.1, 0.15) is 5.76 Å². The second-order valence-corrected chi connectivity index (χ2v) is 8.78. The highest BCUT2D eigenvalue weighted by Gasteiger charge is 2.26. The quantitative estimate of drug-likeness (QED) is 0.400. The topological polar surface area (TPSA) is 81.4 Å². The average Bonchev–Trinajstić information content (AvgIpc) is 3.54. The minimum atomic E-state index is -0.504. The lowest BCUT2D eigenvalue weighted by molar-refractivity contribution is -0.124. The molecule has 1 aliphatic rings. The summed E-state index contributed by atoms with van der Waals surface area (Å²) in [6.45, 7) is -0.114. The molecule has 166 valence electrons. The number of hydrogen-bond acceptors (Lipinski definition) is 6. The van der Waals surface area contributed by atoms with Crippen LogP contribution in [0.1, 0.15) is 45.1 Å². The lowest BCUT2D eigenvalue weighted by Gasteiger charge is -2.22. The normalized spacial score (nSPS) is 14.2. The molecule has 1 N–H and O–H groups in total. The molecule has 7 heteroatoms. The number of nitrogens with zero attached hydrogens (tertiary/aromatic N) is 1. The molecule has 0 radical (unpaired) electrons. The van der Waals surface area contributed by atoms with Gasteiger partial charge in [0.2, 0.25) is 0 Å². The number of rotatable bonds is 6. The van der Waals surface area contributed by atoms with E-state index >= 15 is 0 Å². The number of furan rings is 1. The summed E-state index contributed by atoms with van der Waals surface area (Å²) in [5.41, 5.74) is 4.11. The van der Waals surface area contributed by atoms with Crippen molar-refractivity contribution in [1.29, 1.82) is 0 Å². The van der Waals surface area contributed by atoms with Gasteiger partial charge in [0, 0.05) is 10.3 Å². The number of ether oxygens (including phenoxy) is 1. The van der Waals surface area contributed by atoms with E-state index < -0.39 is 5.97 Å². The van der Waals surface area contributed by atoms with Crippen molar-refractivity contribution < 1.29 is 18.7 Å². The second kappa shape index (κ2) is 9.42. The molecule has 0 saturated carbocycles. The van der Waals surface area contributed by atoms with E-state index in [1.54, 1.807) is 29.7 Å². The number of thiophene rings is 1. The highest BCUT2D eigenvalue weighted by atomic mass is 32.1. The van der Waals surface area contributed by atoms with Crippen molar-refractivity contribution in [2.45, 2.75) is 25.8 Å². The van der Waals surface area contributed by atoms with Crippen LogP contribution in [-0.2, 0) is 22.5 Å². The van der Waals surface area contributed by atoms with E-state index in [-0.39, 0.29) is 19.1 Å². The Morgan fingerprint density at radius 3 is 2.85 bits per heavy atom. The average molecular weight is 459 g/mol. The van der Waals surface area contributed by atoms with Gasteiger partial charge in [0.15, 0.2) is 6.61 Å². The van der Waals surface area contributed by atoms with Gasteiger partial charge in [0.25, 0.3) is 5.91 Å². The number of benzene rings is 1. The van der Waals surface area contributed by atoms with E-state index in [4.69, 9.17) is 14.1 Å². The number of allylic oxidation sites excluding steroid dienone is 1. The highest BCUT2D eigenvalue weighted by molar-refractivity contribution is 7.10. The van der Waals surface area contributed by atoms with E-state index in [1.807, 2.05) is 35.7 Å². The maximum absolute atomic E-state index is 13.2. The van der Waals surface area contributed by atoms with Gasteiger partial charge < -0.3 is 14.5 Å². The summed E-state index contributed by atoms with van der Waals surface area (Å²) in [5.74, 6) is -0.255. The first-order valence-electron chi connectivity index (χ1n) is 10.8. The number of pyridine rings is 1. The molecule has 4 aromatic rings. The predicted molar refractivity (Wildman–Crippen MR) is 128 cm³/mol. The minimum Gasteiger partial charge on any atom is -0.467 e. The van der Waals surface area contributed by atoms with Crippen molar-refractivity contribution in [2.24, 2.45) is 0 Å². The molecule has 0 saturated heterocycles. The van der Waals surface area contributed by atoms with Crippen LogP contribution in [0.5, 0.6) is 0 Å². The van der Waals surface area contributed by atoms with Crippen LogP contribution < -0.4 is 5.32 Å². The molecule has 0 bridgehead atoms. The van der Waals surface area contributed by atoms with E-state index in [1.165, 1.54) is 0 Å². The SMILES string of the molecule is O=C(COC(=O)c1c2c(nc3ccccc13)/C(=C/c1cccs1)CCC2)NCc1ccco1. The Labute approximate surface area is 194 Å². The molecular formula is C26H22N2O4S. The van der Waals surface area contributed by atoms with Crippen LogP contribution in [0.25, 0.3) is 22.6 Å². The largest absolute Gasteiger partial charge is 0.467 e. The van der Waals surface area contributed by atoms with E-state index in [9.17, 15) is 9.59 Å². The summed E-state index contributed by atoms with van der Waals surface area (Å²) < 4.78 is 10.7. The fraction of sp³-hybridized carbons (Fsp3) is 0.192.